The monoisotopic (exact) mass is 149 g/mol. The second-order valence-corrected chi connectivity index (χ2v) is 2.39. The molecule has 0 saturated heterocycles. The van der Waals surface area contributed by atoms with Crippen molar-refractivity contribution in [3.63, 3.8) is 0 Å². The van der Waals surface area contributed by atoms with Crippen LogP contribution in [0.15, 0.2) is 33.7 Å². The number of nitrogens with one attached hydrogen (secondary N) is 1. The number of rotatable bonds is 0. The first-order valence-corrected chi connectivity index (χ1v) is 3.43. The standard InChI is InChI=1S/C7H7N3O/c11-7-6-5(4-9-10-7)2-1-3-8-6/h1-2,8H,3-4H2. The van der Waals surface area contributed by atoms with Gasteiger partial charge in [-0.25, -0.2) is 0 Å². The molecule has 0 unspecified atom stereocenters. The van der Waals surface area contributed by atoms with Gasteiger partial charge in [-0.2, -0.15) is 5.11 Å². The van der Waals surface area contributed by atoms with Crippen LogP contribution in [0.25, 0.3) is 0 Å². The Bertz CT molecular complexity index is 288. The number of hydrogen-bond donors (Lipinski definition) is 1. The number of azo groups is 1. The zero-order chi connectivity index (χ0) is 7.68. The molecule has 0 spiro atoms. The molecule has 0 aromatic heterocycles. The minimum Gasteiger partial charge on any atom is -0.377 e. The van der Waals surface area contributed by atoms with E-state index in [0.29, 0.717) is 18.8 Å². The van der Waals surface area contributed by atoms with Crippen molar-refractivity contribution in [2.24, 2.45) is 10.2 Å². The summed E-state index contributed by atoms with van der Waals surface area (Å²) in [6.45, 7) is 1.23. The van der Waals surface area contributed by atoms with E-state index in [4.69, 9.17) is 0 Å². The lowest BCUT2D eigenvalue weighted by atomic mass is 10.1. The fourth-order valence-corrected chi connectivity index (χ4v) is 1.13. The number of dihydropyridines is 1. The van der Waals surface area contributed by atoms with Crippen molar-refractivity contribution >= 4 is 5.91 Å². The van der Waals surface area contributed by atoms with E-state index in [1.54, 1.807) is 0 Å². The number of hydrogen-bond acceptors (Lipinski definition) is 3. The second-order valence-electron chi connectivity index (χ2n) is 2.39. The highest BCUT2D eigenvalue weighted by Crippen LogP contribution is 2.14. The lowest BCUT2D eigenvalue weighted by Crippen LogP contribution is -2.26. The summed E-state index contributed by atoms with van der Waals surface area (Å²) in [4.78, 5) is 11.0. The van der Waals surface area contributed by atoms with Crippen molar-refractivity contribution in [2.75, 3.05) is 13.1 Å². The van der Waals surface area contributed by atoms with Gasteiger partial charge in [-0.05, 0) is 0 Å². The van der Waals surface area contributed by atoms with Gasteiger partial charge in [0.1, 0.15) is 5.70 Å². The lowest BCUT2D eigenvalue weighted by Gasteiger charge is -2.15. The quantitative estimate of drug-likeness (QED) is 0.541. The zero-order valence-electron chi connectivity index (χ0n) is 5.87. The van der Waals surface area contributed by atoms with Crippen molar-refractivity contribution in [2.45, 2.75) is 0 Å². The first-order valence-electron chi connectivity index (χ1n) is 3.43. The van der Waals surface area contributed by atoms with E-state index in [1.807, 2.05) is 12.2 Å². The molecule has 0 aromatic carbocycles. The third-order valence-corrected chi connectivity index (χ3v) is 1.65. The van der Waals surface area contributed by atoms with Gasteiger partial charge in [0.25, 0.3) is 0 Å². The molecule has 2 aliphatic rings. The predicted molar refractivity (Wildman–Crippen MR) is 38.9 cm³/mol. The van der Waals surface area contributed by atoms with E-state index in [-0.39, 0.29) is 5.91 Å². The summed E-state index contributed by atoms with van der Waals surface area (Å²) in [5.74, 6) is -0.254. The molecule has 2 rings (SSSR count). The fourth-order valence-electron chi connectivity index (χ4n) is 1.13. The van der Waals surface area contributed by atoms with Crippen LogP contribution in [0.4, 0.5) is 0 Å². The van der Waals surface area contributed by atoms with Crippen LogP contribution in [-0.4, -0.2) is 19.0 Å². The average molecular weight is 149 g/mol. The number of nitrogens with zero attached hydrogens (tertiary/aromatic N) is 2. The molecule has 0 fully saturated rings. The van der Waals surface area contributed by atoms with Gasteiger partial charge < -0.3 is 5.32 Å². The van der Waals surface area contributed by atoms with E-state index in [2.05, 4.69) is 15.5 Å². The predicted octanol–water partition coefficient (Wildman–Crippen LogP) is 0.392. The molecule has 1 amide bonds. The van der Waals surface area contributed by atoms with Crippen molar-refractivity contribution < 1.29 is 4.79 Å². The highest BCUT2D eigenvalue weighted by Gasteiger charge is 2.18. The minimum atomic E-state index is -0.254. The Kier molecular flexibility index (Phi) is 1.31. The van der Waals surface area contributed by atoms with Crippen LogP contribution in [0.3, 0.4) is 0 Å². The van der Waals surface area contributed by atoms with Crippen LogP contribution in [0.2, 0.25) is 0 Å². The molecule has 2 heterocycles. The van der Waals surface area contributed by atoms with Gasteiger partial charge in [0.2, 0.25) is 0 Å². The number of carbonyl (C=O) groups excluding carboxylic acids is 1. The molecule has 2 aliphatic heterocycles. The Labute approximate surface area is 63.7 Å². The molecule has 0 saturated carbocycles. The molecule has 11 heavy (non-hydrogen) atoms. The largest absolute Gasteiger partial charge is 0.377 e. The maximum Gasteiger partial charge on any atom is 0.311 e. The first-order chi connectivity index (χ1) is 5.38. The molecular formula is C7H7N3O. The van der Waals surface area contributed by atoms with E-state index >= 15 is 0 Å². The van der Waals surface area contributed by atoms with E-state index in [9.17, 15) is 4.79 Å². The smallest absolute Gasteiger partial charge is 0.311 e. The maximum atomic E-state index is 11.0. The topological polar surface area (TPSA) is 53.8 Å². The van der Waals surface area contributed by atoms with Crippen LogP contribution >= 0.6 is 0 Å². The van der Waals surface area contributed by atoms with E-state index in [0.717, 1.165) is 5.57 Å². The van der Waals surface area contributed by atoms with Crippen LogP contribution < -0.4 is 5.32 Å². The van der Waals surface area contributed by atoms with Crippen molar-refractivity contribution in [1.29, 1.82) is 0 Å². The Morgan fingerprint density at radius 1 is 1.55 bits per heavy atom. The first kappa shape index (κ1) is 6.27. The van der Waals surface area contributed by atoms with Gasteiger partial charge >= 0.3 is 5.91 Å². The summed E-state index contributed by atoms with van der Waals surface area (Å²) >= 11 is 0. The van der Waals surface area contributed by atoms with Crippen molar-refractivity contribution in [3.8, 4) is 0 Å². The summed E-state index contributed by atoms with van der Waals surface area (Å²) in [5, 5.41) is 10.1. The Balaban J connectivity index is 2.39. The summed E-state index contributed by atoms with van der Waals surface area (Å²) in [6.07, 6.45) is 3.88. The van der Waals surface area contributed by atoms with Gasteiger partial charge in [0.05, 0.1) is 6.54 Å². The van der Waals surface area contributed by atoms with Gasteiger partial charge in [-0.3, -0.25) is 4.79 Å². The van der Waals surface area contributed by atoms with Crippen molar-refractivity contribution in [1.82, 2.24) is 5.32 Å². The Hall–Kier alpha value is -1.45. The zero-order valence-corrected chi connectivity index (χ0v) is 5.87. The van der Waals surface area contributed by atoms with Gasteiger partial charge in [0, 0.05) is 12.1 Å². The minimum absolute atomic E-state index is 0.254. The van der Waals surface area contributed by atoms with Crippen LogP contribution in [0.1, 0.15) is 0 Å². The third-order valence-electron chi connectivity index (χ3n) is 1.65. The number of carbonyl (C=O) groups is 1. The molecule has 0 atom stereocenters. The summed E-state index contributed by atoms with van der Waals surface area (Å²) in [5.41, 5.74) is 1.55. The summed E-state index contributed by atoms with van der Waals surface area (Å²) < 4.78 is 0. The normalized spacial score (nSPS) is 21.6. The lowest BCUT2D eigenvalue weighted by molar-refractivity contribution is -0.115. The van der Waals surface area contributed by atoms with E-state index < -0.39 is 0 Å². The highest BCUT2D eigenvalue weighted by atomic mass is 16.2. The second kappa shape index (κ2) is 2.30. The number of amides is 1. The van der Waals surface area contributed by atoms with Crippen molar-refractivity contribution in [3.05, 3.63) is 23.4 Å². The van der Waals surface area contributed by atoms with Gasteiger partial charge in [0.15, 0.2) is 0 Å². The Morgan fingerprint density at radius 2 is 2.45 bits per heavy atom. The molecular weight excluding hydrogens is 142 g/mol. The third kappa shape index (κ3) is 0.960. The maximum absolute atomic E-state index is 11.0. The molecule has 1 N–H and O–H groups in total. The van der Waals surface area contributed by atoms with Gasteiger partial charge in [-0.15, -0.1) is 5.11 Å². The average Bonchev–Trinajstić information content (AvgIpc) is 2.06. The molecule has 4 nitrogen and oxygen atoms in total. The molecule has 0 aliphatic carbocycles. The SMILES string of the molecule is O=C1N=NCC2=C1NCC=C2. The summed E-state index contributed by atoms with van der Waals surface area (Å²) in [7, 11) is 0. The Morgan fingerprint density at radius 3 is 3.27 bits per heavy atom. The molecule has 4 heteroatoms. The fraction of sp³-hybridized carbons (Fsp3) is 0.286. The molecule has 0 aromatic rings. The van der Waals surface area contributed by atoms with E-state index in [1.165, 1.54) is 0 Å². The van der Waals surface area contributed by atoms with Crippen LogP contribution in [-0.2, 0) is 4.79 Å². The van der Waals surface area contributed by atoms with Gasteiger partial charge in [-0.1, -0.05) is 12.2 Å². The molecule has 56 valence electrons. The van der Waals surface area contributed by atoms with Crippen LogP contribution in [0, 0.1) is 0 Å². The molecule has 0 radical (unpaired) electrons. The summed E-state index contributed by atoms with van der Waals surface area (Å²) in [6, 6.07) is 0. The van der Waals surface area contributed by atoms with Crippen LogP contribution in [0.5, 0.6) is 0 Å². The highest BCUT2D eigenvalue weighted by molar-refractivity contribution is 5.95. The molecule has 0 bridgehead atoms.